The monoisotopic (exact) mass is 184 g/mol. The Kier molecular flexibility index (Phi) is 2.28. The zero-order chi connectivity index (χ0) is 8.39. The van der Waals surface area contributed by atoms with Gasteiger partial charge >= 0.3 is 0 Å². The molecule has 3 nitrogen and oxygen atoms in total. The summed E-state index contributed by atoms with van der Waals surface area (Å²) < 4.78 is 0. The molecule has 0 saturated carbocycles. The number of aryl methyl sites for hydroxylation is 2. The summed E-state index contributed by atoms with van der Waals surface area (Å²) in [5.74, 6) is 0. The van der Waals surface area contributed by atoms with Crippen LogP contribution in [-0.4, -0.2) is 12.1 Å². The molecule has 0 saturated heterocycles. The van der Waals surface area contributed by atoms with Crippen LogP contribution in [0.15, 0.2) is 0 Å². The molecule has 0 bridgehead atoms. The van der Waals surface area contributed by atoms with E-state index in [-0.39, 0.29) is 0 Å². The van der Waals surface area contributed by atoms with Crippen molar-refractivity contribution in [1.29, 1.82) is 0 Å². The standard InChI is InChI=1S/C8H12N2OS/c1-11-10-8-9-6-4-2-3-5-7(6)12-8/h2-5H2,1H3,(H,9,10). The minimum Gasteiger partial charge on any atom is -0.277 e. The van der Waals surface area contributed by atoms with Gasteiger partial charge in [0, 0.05) is 4.88 Å². The Hall–Kier alpha value is -0.610. The lowest BCUT2D eigenvalue weighted by molar-refractivity contribution is 0.270. The van der Waals surface area contributed by atoms with Gasteiger partial charge in [-0.25, -0.2) is 10.5 Å². The predicted molar refractivity (Wildman–Crippen MR) is 49.4 cm³/mol. The fourth-order valence-electron chi connectivity index (χ4n) is 1.48. The third-order valence-electron chi connectivity index (χ3n) is 2.04. The summed E-state index contributed by atoms with van der Waals surface area (Å²) in [6.07, 6.45) is 4.92. The highest BCUT2D eigenvalue weighted by Gasteiger charge is 2.14. The van der Waals surface area contributed by atoms with Crippen LogP contribution in [0.25, 0.3) is 0 Å². The highest BCUT2D eigenvalue weighted by molar-refractivity contribution is 7.15. The smallest absolute Gasteiger partial charge is 0.207 e. The molecule has 0 unspecified atom stereocenters. The normalized spacial score (nSPS) is 15.8. The molecule has 1 heterocycles. The van der Waals surface area contributed by atoms with Crippen LogP contribution < -0.4 is 5.48 Å². The number of thiazole rings is 1. The number of anilines is 1. The number of fused-ring (bicyclic) bond motifs is 1. The van der Waals surface area contributed by atoms with Crippen LogP contribution in [0.5, 0.6) is 0 Å². The van der Waals surface area contributed by atoms with Crippen LogP contribution in [0.1, 0.15) is 23.4 Å². The quantitative estimate of drug-likeness (QED) is 0.714. The lowest BCUT2D eigenvalue weighted by Gasteiger charge is -2.06. The third-order valence-corrected chi connectivity index (χ3v) is 3.09. The first-order valence-electron chi connectivity index (χ1n) is 4.17. The van der Waals surface area contributed by atoms with Crippen molar-refractivity contribution in [1.82, 2.24) is 4.98 Å². The maximum atomic E-state index is 4.80. The van der Waals surface area contributed by atoms with Gasteiger partial charge in [-0.05, 0) is 25.7 Å². The average molecular weight is 184 g/mol. The van der Waals surface area contributed by atoms with E-state index in [4.69, 9.17) is 4.84 Å². The number of nitrogens with one attached hydrogen (secondary N) is 1. The van der Waals surface area contributed by atoms with E-state index in [1.54, 1.807) is 18.4 Å². The second kappa shape index (κ2) is 3.41. The molecule has 12 heavy (non-hydrogen) atoms. The minimum absolute atomic E-state index is 0.893. The van der Waals surface area contributed by atoms with Crippen molar-refractivity contribution in [3.63, 3.8) is 0 Å². The molecule has 4 heteroatoms. The zero-order valence-corrected chi connectivity index (χ0v) is 7.91. The molecule has 0 atom stereocenters. The van der Waals surface area contributed by atoms with Gasteiger partial charge in [-0.1, -0.05) is 11.3 Å². The molecular formula is C8H12N2OS. The van der Waals surface area contributed by atoms with Gasteiger partial charge in [0.05, 0.1) is 12.8 Å². The Morgan fingerprint density at radius 1 is 1.42 bits per heavy atom. The summed E-state index contributed by atoms with van der Waals surface area (Å²) in [7, 11) is 1.61. The van der Waals surface area contributed by atoms with Crippen molar-refractivity contribution in [3.8, 4) is 0 Å². The molecule has 1 N–H and O–H groups in total. The van der Waals surface area contributed by atoms with Crippen LogP contribution >= 0.6 is 11.3 Å². The van der Waals surface area contributed by atoms with Crippen LogP contribution in [0, 0.1) is 0 Å². The largest absolute Gasteiger partial charge is 0.277 e. The second-order valence-electron chi connectivity index (χ2n) is 2.90. The van der Waals surface area contributed by atoms with E-state index in [9.17, 15) is 0 Å². The molecule has 0 aromatic carbocycles. The van der Waals surface area contributed by atoms with Crippen molar-refractivity contribution >= 4 is 16.5 Å². The highest BCUT2D eigenvalue weighted by Crippen LogP contribution is 2.29. The maximum Gasteiger partial charge on any atom is 0.207 e. The predicted octanol–water partition coefficient (Wildman–Crippen LogP) is 2.00. The minimum atomic E-state index is 0.893. The molecular weight excluding hydrogens is 172 g/mol. The summed E-state index contributed by atoms with van der Waals surface area (Å²) in [4.78, 5) is 10.7. The van der Waals surface area contributed by atoms with Crippen LogP contribution in [0.3, 0.4) is 0 Å². The molecule has 1 aromatic heterocycles. The van der Waals surface area contributed by atoms with Gasteiger partial charge in [-0.2, -0.15) is 0 Å². The van der Waals surface area contributed by atoms with Crippen LogP contribution in [0.2, 0.25) is 0 Å². The van der Waals surface area contributed by atoms with Gasteiger partial charge in [-0.3, -0.25) is 4.84 Å². The molecule has 0 radical (unpaired) electrons. The van der Waals surface area contributed by atoms with Crippen molar-refractivity contribution in [3.05, 3.63) is 10.6 Å². The van der Waals surface area contributed by atoms with Crippen molar-refractivity contribution in [2.24, 2.45) is 0 Å². The van der Waals surface area contributed by atoms with E-state index in [2.05, 4.69) is 10.5 Å². The van der Waals surface area contributed by atoms with E-state index >= 15 is 0 Å². The number of aromatic nitrogens is 1. The maximum absolute atomic E-state index is 4.80. The molecule has 2 rings (SSSR count). The summed E-state index contributed by atoms with van der Waals surface area (Å²) in [6.45, 7) is 0. The van der Waals surface area contributed by atoms with Crippen LogP contribution in [0.4, 0.5) is 5.13 Å². The SMILES string of the molecule is CONc1nc2c(s1)CCCC2. The molecule has 1 aliphatic rings. The van der Waals surface area contributed by atoms with E-state index in [0.29, 0.717) is 0 Å². The summed E-state index contributed by atoms with van der Waals surface area (Å²) >= 11 is 1.71. The number of rotatable bonds is 2. The van der Waals surface area contributed by atoms with Crippen LogP contribution in [-0.2, 0) is 17.7 Å². The van der Waals surface area contributed by atoms with E-state index in [1.807, 2.05) is 0 Å². The number of hydrogen-bond donors (Lipinski definition) is 1. The topological polar surface area (TPSA) is 34.1 Å². The Morgan fingerprint density at radius 2 is 2.25 bits per heavy atom. The lowest BCUT2D eigenvalue weighted by atomic mass is 10.0. The fraction of sp³-hybridized carbons (Fsp3) is 0.625. The molecule has 0 spiro atoms. The van der Waals surface area contributed by atoms with Gasteiger partial charge in [0.25, 0.3) is 0 Å². The van der Waals surface area contributed by atoms with Crippen molar-refractivity contribution < 1.29 is 4.84 Å². The lowest BCUT2D eigenvalue weighted by Crippen LogP contribution is -1.99. The first-order chi connectivity index (χ1) is 5.90. The Morgan fingerprint density at radius 3 is 3.00 bits per heavy atom. The Bertz CT molecular complexity index is 249. The molecule has 1 aliphatic carbocycles. The fourth-order valence-corrected chi connectivity index (χ4v) is 2.51. The number of hydrogen-bond acceptors (Lipinski definition) is 4. The molecule has 0 amide bonds. The van der Waals surface area contributed by atoms with Gasteiger partial charge in [0.2, 0.25) is 5.13 Å². The third kappa shape index (κ3) is 1.44. The zero-order valence-electron chi connectivity index (χ0n) is 7.09. The average Bonchev–Trinajstić information content (AvgIpc) is 2.47. The van der Waals surface area contributed by atoms with Crippen molar-refractivity contribution in [2.45, 2.75) is 25.7 Å². The molecule has 66 valence electrons. The molecule has 1 aromatic rings. The van der Waals surface area contributed by atoms with Gasteiger partial charge in [0.15, 0.2) is 0 Å². The first kappa shape index (κ1) is 8.01. The van der Waals surface area contributed by atoms with Gasteiger partial charge in [-0.15, -0.1) is 0 Å². The summed E-state index contributed by atoms with van der Waals surface area (Å²) in [5.41, 5.74) is 4.04. The Balaban J connectivity index is 2.20. The highest BCUT2D eigenvalue weighted by atomic mass is 32.1. The van der Waals surface area contributed by atoms with Gasteiger partial charge < -0.3 is 0 Å². The first-order valence-corrected chi connectivity index (χ1v) is 4.99. The second-order valence-corrected chi connectivity index (χ2v) is 3.99. The molecule has 0 fully saturated rings. The Labute approximate surface area is 75.7 Å². The summed E-state index contributed by atoms with van der Waals surface area (Å²) in [6, 6.07) is 0. The molecule has 0 aliphatic heterocycles. The van der Waals surface area contributed by atoms with E-state index in [1.165, 1.54) is 29.8 Å². The number of nitrogens with zero attached hydrogens (tertiary/aromatic N) is 1. The summed E-state index contributed by atoms with van der Waals surface area (Å²) in [5, 5.41) is 0.893. The van der Waals surface area contributed by atoms with Crippen molar-refractivity contribution in [2.75, 3.05) is 12.6 Å². The van der Waals surface area contributed by atoms with E-state index < -0.39 is 0 Å². The van der Waals surface area contributed by atoms with E-state index in [0.717, 1.165) is 11.6 Å². The van der Waals surface area contributed by atoms with Gasteiger partial charge in [0.1, 0.15) is 0 Å².